The van der Waals surface area contributed by atoms with Crippen molar-refractivity contribution in [2.45, 2.75) is 0 Å². The molecule has 3 rings (SSSR count). The van der Waals surface area contributed by atoms with Crippen LogP contribution < -0.4 is 10.6 Å². The molecule has 0 saturated heterocycles. The van der Waals surface area contributed by atoms with E-state index in [1.807, 2.05) is 0 Å². The highest BCUT2D eigenvalue weighted by molar-refractivity contribution is 6.29. The second-order valence-electron chi connectivity index (χ2n) is 8.89. The van der Waals surface area contributed by atoms with Crippen LogP contribution in [0.1, 0.15) is 20.7 Å². The van der Waals surface area contributed by atoms with Crippen LogP contribution in [0.3, 0.4) is 0 Å². The lowest BCUT2D eigenvalue weighted by atomic mass is 10.0. The smallest absolute Gasteiger partial charge is 0.261 e. The average molecular weight is 511 g/mol. The number of benzene rings is 3. The van der Waals surface area contributed by atoms with Crippen molar-refractivity contribution in [3.63, 3.8) is 0 Å². The molecule has 0 fully saturated rings. The SMILES string of the molecule is CN(C)/C=C(\C(=O)Nc1ccc(NC(=O)/C(=C\N(C)C)C(=O)c2ccccc2)cc1)C(=O)c1ccccc1. The highest BCUT2D eigenvalue weighted by Crippen LogP contribution is 2.18. The van der Waals surface area contributed by atoms with Gasteiger partial charge in [-0.1, -0.05) is 60.7 Å². The minimum absolute atomic E-state index is 0.0172. The van der Waals surface area contributed by atoms with E-state index in [-0.39, 0.29) is 11.1 Å². The number of nitrogens with zero attached hydrogens (tertiary/aromatic N) is 2. The summed E-state index contributed by atoms with van der Waals surface area (Å²) >= 11 is 0. The molecule has 2 amide bonds. The predicted octanol–water partition coefficient (Wildman–Crippen LogP) is 4.22. The maximum absolute atomic E-state index is 13.0. The van der Waals surface area contributed by atoms with E-state index in [2.05, 4.69) is 10.6 Å². The molecule has 0 unspecified atom stereocenters. The first-order valence-electron chi connectivity index (χ1n) is 11.8. The molecule has 0 aromatic heterocycles. The Kier molecular flexibility index (Phi) is 9.31. The zero-order valence-corrected chi connectivity index (χ0v) is 21.8. The van der Waals surface area contributed by atoms with Gasteiger partial charge in [-0.3, -0.25) is 19.2 Å². The number of Topliss-reactive ketones (excluding diaryl/α,β-unsaturated/α-hetero) is 2. The summed E-state index contributed by atoms with van der Waals surface area (Å²) in [6, 6.07) is 23.5. The van der Waals surface area contributed by atoms with E-state index in [0.717, 1.165) is 0 Å². The predicted molar refractivity (Wildman–Crippen MR) is 149 cm³/mol. The molecule has 0 aliphatic rings. The standard InChI is InChI=1S/C30H30N4O4/c1-33(2)19-25(27(35)21-11-7-5-8-12-21)29(37)31-23-15-17-24(18-16-23)32-30(38)26(20-34(3)4)28(36)22-13-9-6-10-14-22/h5-20H,1-4H3,(H,31,37)(H,32,38)/b25-19-,26-20-. The number of amides is 2. The van der Waals surface area contributed by atoms with Gasteiger partial charge < -0.3 is 20.4 Å². The first-order valence-corrected chi connectivity index (χ1v) is 11.8. The first-order chi connectivity index (χ1) is 18.2. The topological polar surface area (TPSA) is 98.8 Å². The molecular formula is C30H30N4O4. The lowest BCUT2D eigenvalue weighted by Gasteiger charge is -2.13. The summed E-state index contributed by atoms with van der Waals surface area (Å²) in [6.45, 7) is 0. The summed E-state index contributed by atoms with van der Waals surface area (Å²) in [5.41, 5.74) is 1.64. The summed E-state index contributed by atoms with van der Waals surface area (Å²) in [4.78, 5) is 55.1. The van der Waals surface area contributed by atoms with Gasteiger partial charge in [0.05, 0.1) is 0 Å². The van der Waals surface area contributed by atoms with Crippen molar-refractivity contribution in [1.29, 1.82) is 0 Å². The lowest BCUT2D eigenvalue weighted by molar-refractivity contribution is -0.113. The van der Waals surface area contributed by atoms with Crippen LogP contribution >= 0.6 is 0 Å². The number of hydrogen-bond acceptors (Lipinski definition) is 6. The van der Waals surface area contributed by atoms with Crippen molar-refractivity contribution in [2.24, 2.45) is 0 Å². The minimum Gasteiger partial charge on any atom is -0.383 e. The van der Waals surface area contributed by atoms with Gasteiger partial charge in [0.1, 0.15) is 11.1 Å². The van der Waals surface area contributed by atoms with Gasteiger partial charge in [-0.25, -0.2) is 0 Å². The summed E-state index contributed by atoms with van der Waals surface area (Å²) in [5.74, 6) is -1.92. The molecule has 0 radical (unpaired) electrons. The molecule has 38 heavy (non-hydrogen) atoms. The lowest BCUT2D eigenvalue weighted by Crippen LogP contribution is -2.23. The molecule has 0 aliphatic heterocycles. The molecule has 3 aromatic rings. The second kappa shape index (κ2) is 12.8. The fourth-order valence-corrected chi connectivity index (χ4v) is 3.48. The Morgan fingerprint density at radius 1 is 0.526 bits per heavy atom. The third-order valence-electron chi connectivity index (χ3n) is 5.23. The van der Waals surface area contributed by atoms with Gasteiger partial charge in [0.2, 0.25) is 0 Å². The summed E-state index contributed by atoms with van der Waals surface area (Å²) < 4.78 is 0. The molecule has 0 bridgehead atoms. The Labute approximate surface area is 222 Å². The fraction of sp³-hybridized carbons (Fsp3) is 0.133. The van der Waals surface area contributed by atoms with Crippen LogP contribution in [0, 0.1) is 0 Å². The molecule has 3 aromatic carbocycles. The normalized spacial score (nSPS) is 11.4. The van der Waals surface area contributed by atoms with Crippen LogP contribution in [-0.2, 0) is 9.59 Å². The van der Waals surface area contributed by atoms with E-state index in [4.69, 9.17) is 0 Å². The molecule has 0 heterocycles. The molecule has 194 valence electrons. The van der Waals surface area contributed by atoms with Crippen molar-refractivity contribution < 1.29 is 19.2 Å². The van der Waals surface area contributed by atoms with Crippen molar-refractivity contribution in [1.82, 2.24) is 9.80 Å². The zero-order valence-electron chi connectivity index (χ0n) is 21.8. The maximum Gasteiger partial charge on any atom is 0.261 e. The molecule has 0 spiro atoms. The zero-order chi connectivity index (χ0) is 27.7. The Morgan fingerprint density at radius 3 is 1.13 bits per heavy atom. The van der Waals surface area contributed by atoms with Gasteiger partial charge in [0, 0.05) is 63.1 Å². The maximum atomic E-state index is 13.0. The Bertz CT molecular complexity index is 1250. The molecule has 2 N–H and O–H groups in total. The number of anilines is 2. The molecule has 0 saturated carbocycles. The van der Waals surface area contributed by atoms with Gasteiger partial charge in [0.15, 0.2) is 11.6 Å². The monoisotopic (exact) mass is 510 g/mol. The van der Waals surface area contributed by atoms with Gasteiger partial charge in [-0.2, -0.15) is 0 Å². The summed E-state index contributed by atoms with van der Waals surface area (Å²) in [6.07, 6.45) is 2.95. The van der Waals surface area contributed by atoms with Crippen LogP contribution in [0.15, 0.2) is 108 Å². The highest BCUT2D eigenvalue weighted by atomic mass is 16.2. The van der Waals surface area contributed by atoms with E-state index in [0.29, 0.717) is 22.5 Å². The van der Waals surface area contributed by atoms with Gasteiger partial charge >= 0.3 is 0 Å². The van der Waals surface area contributed by atoms with Crippen molar-refractivity contribution >= 4 is 34.8 Å². The molecule has 0 atom stereocenters. The Morgan fingerprint density at radius 2 is 0.842 bits per heavy atom. The van der Waals surface area contributed by atoms with Gasteiger partial charge in [-0.05, 0) is 24.3 Å². The van der Waals surface area contributed by atoms with Crippen LogP contribution in [-0.4, -0.2) is 61.4 Å². The van der Waals surface area contributed by atoms with Crippen LogP contribution in [0.25, 0.3) is 0 Å². The summed E-state index contributed by atoms with van der Waals surface area (Å²) in [7, 11) is 6.91. The molecule has 0 aliphatic carbocycles. The van der Waals surface area contributed by atoms with Crippen molar-refractivity contribution in [3.8, 4) is 0 Å². The first kappa shape index (κ1) is 27.6. The van der Waals surface area contributed by atoms with Crippen LogP contribution in [0.2, 0.25) is 0 Å². The van der Waals surface area contributed by atoms with Crippen LogP contribution in [0.5, 0.6) is 0 Å². The Balaban J connectivity index is 1.74. The van der Waals surface area contributed by atoms with Gasteiger partial charge in [-0.15, -0.1) is 0 Å². The third-order valence-corrected chi connectivity index (χ3v) is 5.23. The van der Waals surface area contributed by atoms with E-state index < -0.39 is 23.4 Å². The molecule has 8 nitrogen and oxygen atoms in total. The van der Waals surface area contributed by atoms with Gasteiger partial charge in [0.25, 0.3) is 11.8 Å². The van der Waals surface area contributed by atoms with E-state index in [9.17, 15) is 19.2 Å². The number of hydrogen-bond donors (Lipinski definition) is 2. The molecule has 8 heteroatoms. The van der Waals surface area contributed by atoms with Crippen molar-refractivity contribution in [2.75, 3.05) is 38.8 Å². The van der Waals surface area contributed by atoms with E-state index in [1.54, 1.807) is 123 Å². The number of nitrogens with one attached hydrogen (secondary N) is 2. The Hall–Kier alpha value is -4.98. The number of rotatable bonds is 10. The molecular weight excluding hydrogens is 480 g/mol. The fourth-order valence-electron chi connectivity index (χ4n) is 3.48. The summed E-state index contributed by atoms with van der Waals surface area (Å²) in [5, 5.41) is 5.46. The van der Waals surface area contributed by atoms with E-state index >= 15 is 0 Å². The number of carbonyl (C=O) groups excluding carboxylic acids is 4. The quantitative estimate of drug-likeness (QED) is 0.183. The van der Waals surface area contributed by atoms with Crippen molar-refractivity contribution in [3.05, 3.63) is 120 Å². The highest BCUT2D eigenvalue weighted by Gasteiger charge is 2.22. The minimum atomic E-state index is -0.561. The number of ketones is 2. The van der Waals surface area contributed by atoms with Crippen LogP contribution in [0.4, 0.5) is 11.4 Å². The van der Waals surface area contributed by atoms with E-state index in [1.165, 1.54) is 12.4 Å². The average Bonchev–Trinajstić information content (AvgIpc) is 2.91. The largest absolute Gasteiger partial charge is 0.383 e. The third kappa shape index (κ3) is 7.51. The second-order valence-corrected chi connectivity index (χ2v) is 8.89. The number of carbonyl (C=O) groups is 4.